The van der Waals surface area contributed by atoms with Gasteiger partial charge in [0.25, 0.3) is 5.91 Å². The van der Waals surface area contributed by atoms with Crippen LogP contribution in [0.1, 0.15) is 11.1 Å². The van der Waals surface area contributed by atoms with Gasteiger partial charge in [0.2, 0.25) is 0 Å². The zero-order valence-corrected chi connectivity index (χ0v) is 18.1. The van der Waals surface area contributed by atoms with Crippen molar-refractivity contribution in [1.82, 2.24) is 4.90 Å². The molecule has 1 heterocycles. The van der Waals surface area contributed by atoms with E-state index in [1.807, 2.05) is 61.5 Å². The summed E-state index contributed by atoms with van der Waals surface area (Å²) in [5, 5.41) is 0. The molecular formula is C22H23NO4S2. The predicted molar refractivity (Wildman–Crippen MR) is 120 cm³/mol. The third kappa shape index (κ3) is 6.32. The molecule has 0 aromatic heterocycles. The molecule has 0 atom stereocenters. The van der Waals surface area contributed by atoms with Crippen LogP contribution in [-0.2, 0) is 9.53 Å². The minimum Gasteiger partial charge on any atom is -0.491 e. The highest BCUT2D eigenvalue weighted by Gasteiger charge is 2.28. The van der Waals surface area contributed by atoms with E-state index in [1.165, 1.54) is 22.2 Å². The summed E-state index contributed by atoms with van der Waals surface area (Å²) in [4.78, 5) is 14.1. The van der Waals surface area contributed by atoms with E-state index in [-0.39, 0.29) is 5.91 Å². The van der Waals surface area contributed by atoms with Gasteiger partial charge in [-0.15, -0.1) is 0 Å². The lowest BCUT2D eigenvalue weighted by molar-refractivity contribution is -0.121. The van der Waals surface area contributed by atoms with Gasteiger partial charge in [0.1, 0.15) is 29.0 Å². The fourth-order valence-corrected chi connectivity index (χ4v) is 3.71. The van der Waals surface area contributed by atoms with Crippen LogP contribution in [0, 0.1) is 6.92 Å². The second-order valence-electron chi connectivity index (χ2n) is 6.43. The Kier molecular flexibility index (Phi) is 7.69. The zero-order valence-electron chi connectivity index (χ0n) is 16.4. The molecule has 3 rings (SSSR count). The average molecular weight is 430 g/mol. The summed E-state index contributed by atoms with van der Waals surface area (Å²) >= 11 is 6.45. The topological polar surface area (TPSA) is 48.0 Å². The van der Waals surface area contributed by atoms with Gasteiger partial charge >= 0.3 is 0 Å². The van der Waals surface area contributed by atoms with Crippen molar-refractivity contribution in [2.45, 2.75) is 6.92 Å². The van der Waals surface area contributed by atoms with Gasteiger partial charge in [-0.3, -0.25) is 9.69 Å². The lowest BCUT2D eigenvalue weighted by Crippen LogP contribution is -2.22. The number of hydrogen-bond donors (Lipinski definition) is 0. The van der Waals surface area contributed by atoms with Gasteiger partial charge in [-0.2, -0.15) is 0 Å². The Morgan fingerprint density at radius 3 is 2.00 bits per heavy atom. The maximum absolute atomic E-state index is 12.0. The summed E-state index contributed by atoms with van der Waals surface area (Å²) in [6.45, 7) is 3.99. The standard InChI is InChI=1S/C22H23NO4S2/c1-16-3-7-18(8-4-16)26-13-11-25-12-14-27-19-9-5-17(6-10-19)15-20-21(24)23(2)22(28)29-20/h3-10,15H,11-14H2,1-2H3/b20-15+. The van der Waals surface area contributed by atoms with Gasteiger partial charge in [-0.05, 0) is 42.8 Å². The number of carbonyl (C=O) groups is 1. The van der Waals surface area contributed by atoms with Crippen molar-refractivity contribution >= 4 is 40.3 Å². The maximum Gasteiger partial charge on any atom is 0.265 e. The minimum absolute atomic E-state index is 0.0659. The summed E-state index contributed by atoms with van der Waals surface area (Å²) in [7, 11) is 1.69. The first-order valence-electron chi connectivity index (χ1n) is 9.24. The highest BCUT2D eigenvalue weighted by Crippen LogP contribution is 2.31. The number of thioether (sulfide) groups is 1. The largest absolute Gasteiger partial charge is 0.491 e. The van der Waals surface area contributed by atoms with Crippen LogP contribution in [0.25, 0.3) is 6.08 Å². The first-order chi connectivity index (χ1) is 14.0. The molecule has 0 saturated carbocycles. The summed E-state index contributed by atoms with van der Waals surface area (Å²) in [5.74, 6) is 1.53. The first-order valence-corrected chi connectivity index (χ1v) is 10.5. The summed E-state index contributed by atoms with van der Waals surface area (Å²) in [6, 6.07) is 15.5. The predicted octanol–water partition coefficient (Wildman–Crippen LogP) is 4.30. The molecule has 0 N–H and O–H groups in total. The molecule has 0 unspecified atom stereocenters. The Balaban J connectivity index is 1.34. The molecule has 2 aromatic carbocycles. The smallest absolute Gasteiger partial charge is 0.265 e. The van der Waals surface area contributed by atoms with Gasteiger partial charge in [0.15, 0.2) is 0 Å². The van der Waals surface area contributed by atoms with Gasteiger partial charge in [-0.1, -0.05) is 53.8 Å². The van der Waals surface area contributed by atoms with Crippen molar-refractivity contribution in [2.75, 3.05) is 33.5 Å². The Morgan fingerprint density at radius 2 is 1.48 bits per heavy atom. The van der Waals surface area contributed by atoms with E-state index >= 15 is 0 Å². The average Bonchev–Trinajstić information content (AvgIpc) is 2.96. The Hall–Kier alpha value is -2.35. The molecule has 5 nitrogen and oxygen atoms in total. The summed E-state index contributed by atoms with van der Waals surface area (Å²) in [6.07, 6.45) is 1.84. The molecule has 2 aromatic rings. The lowest BCUT2D eigenvalue weighted by Gasteiger charge is -2.09. The van der Waals surface area contributed by atoms with Crippen LogP contribution in [0.4, 0.5) is 0 Å². The zero-order chi connectivity index (χ0) is 20.6. The number of benzene rings is 2. The van der Waals surface area contributed by atoms with Gasteiger partial charge in [-0.25, -0.2) is 0 Å². The number of thiocarbonyl (C=S) groups is 1. The molecule has 152 valence electrons. The molecule has 1 fully saturated rings. The number of likely N-dealkylation sites (N-methyl/N-ethyl adjacent to an activating group) is 1. The summed E-state index contributed by atoms with van der Waals surface area (Å²) < 4.78 is 17.4. The van der Waals surface area contributed by atoms with Crippen LogP contribution >= 0.6 is 24.0 Å². The number of hydrogen-bond acceptors (Lipinski definition) is 6. The van der Waals surface area contributed by atoms with Crippen molar-refractivity contribution < 1.29 is 19.0 Å². The quantitative estimate of drug-likeness (QED) is 0.337. The van der Waals surface area contributed by atoms with Crippen LogP contribution in [0.5, 0.6) is 11.5 Å². The number of amides is 1. The SMILES string of the molecule is Cc1ccc(OCCOCCOc2ccc(/C=C3/SC(=S)N(C)C3=O)cc2)cc1. The van der Waals surface area contributed by atoms with Gasteiger partial charge in [0.05, 0.1) is 18.1 Å². The highest BCUT2D eigenvalue weighted by molar-refractivity contribution is 8.26. The molecule has 1 aliphatic rings. The molecule has 1 aliphatic heterocycles. The number of rotatable bonds is 9. The third-order valence-corrected chi connectivity index (χ3v) is 5.66. The molecular weight excluding hydrogens is 406 g/mol. The van der Waals surface area contributed by atoms with Crippen LogP contribution < -0.4 is 9.47 Å². The Labute approximate surface area is 180 Å². The van der Waals surface area contributed by atoms with Crippen LogP contribution in [0.3, 0.4) is 0 Å². The Bertz CT molecular complexity index is 879. The van der Waals surface area contributed by atoms with Gasteiger partial charge in [0, 0.05) is 7.05 Å². The van der Waals surface area contributed by atoms with Crippen molar-refractivity contribution in [2.24, 2.45) is 0 Å². The molecule has 0 spiro atoms. The van der Waals surface area contributed by atoms with Crippen LogP contribution in [0.15, 0.2) is 53.4 Å². The van der Waals surface area contributed by atoms with E-state index in [9.17, 15) is 4.79 Å². The molecule has 7 heteroatoms. The van der Waals surface area contributed by atoms with Crippen molar-refractivity contribution in [3.05, 3.63) is 64.6 Å². The van der Waals surface area contributed by atoms with E-state index in [2.05, 4.69) is 0 Å². The molecule has 1 amide bonds. The fraction of sp³-hybridized carbons (Fsp3) is 0.273. The maximum atomic E-state index is 12.0. The third-order valence-electron chi connectivity index (χ3n) is 4.18. The number of ether oxygens (including phenoxy) is 3. The number of carbonyl (C=O) groups excluding carboxylic acids is 1. The minimum atomic E-state index is -0.0659. The Morgan fingerprint density at radius 1 is 0.931 bits per heavy atom. The first kappa shape index (κ1) is 21.4. The van der Waals surface area contributed by atoms with E-state index in [0.717, 1.165) is 17.1 Å². The fourth-order valence-electron chi connectivity index (χ4n) is 2.53. The molecule has 0 bridgehead atoms. The van der Waals surface area contributed by atoms with Crippen molar-refractivity contribution in [3.63, 3.8) is 0 Å². The monoisotopic (exact) mass is 429 g/mol. The van der Waals surface area contributed by atoms with E-state index in [1.54, 1.807) is 7.05 Å². The number of aryl methyl sites for hydroxylation is 1. The van der Waals surface area contributed by atoms with Crippen LogP contribution in [-0.4, -0.2) is 48.6 Å². The highest BCUT2D eigenvalue weighted by atomic mass is 32.2. The molecule has 1 saturated heterocycles. The molecule has 0 radical (unpaired) electrons. The summed E-state index contributed by atoms with van der Waals surface area (Å²) in [5.41, 5.74) is 2.13. The van der Waals surface area contributed by atoms with E-state index in [4.69, 9.17) is 26.4 Å². The second-order valence-corrected chi connectivity index (χ2v) is 8.11. The van der Waals surface area contributed by atoms with E-state index in [0.29, 0.717) is 35.7 Å². The lowest BCUT2D eigenvalue weighted by atomic mass is 10.2. The molecule has 29 heavy (non-hydrogen) atoms. The normalized spacial score (nSPS) is 15.2. The second kappa shape index (κ2) is 10.4. The van der Waals surface area contributed by atoms with E-state index < -0.39 is 0 Å². The van der Waals surface area contributed by atoms with Crippen LogP contribution in [0.2, 0.25) is 0 Å². The van der Waals surface area contributed by atoms with Crippen molar-refractivity contribution in [3.8, 4) is 11.5 Å². The number of nitrogens with zero attached hydrogens (tertiary/aromatic N) is 1. The molecule has 0 aliphatic carbocycles. The van der Waals surface area contributed by atoms with Gasteiger partial charge < -0.3 is 14.2 Å². The van der Waals surface area contributed by atoms with Crippen molar-refractivity contribution in [1.29, 1.82) is 0 Å².